The van der Waals surface area contributed by atoms with Crippen LogP contribution in [0, 0.1) is 0 Å². The molecular formula is C19H17Br2F3NO6PS2. The maximum Gasteiger partial charge on any atom is 0.471 e. The number of thioether (sulfide) groups is 2. The summed E-state index contributed by atoms with van der Waals surface area (Å²) < 4.78 is 56.8. The molecular weight excluding hydrogens is 650 g/mol. The van der Waals surface area contributed by atoms with Gasteiger partial charge in [0.2, 0.25) is 3.94 Å². The van der Waals surface area contributed by atoms with Crippen LogP contribution in [0.4, 0.5) is 13.2 Å². The van der Waals surface area contributed by atoms with E-state index in [-0.39, 0.29) is 21.3 Å². The number of nitrogens with zero attached hydrogens (tertiary/aromatic N) is 1. The van der Waals surface area contributed by atoms with Gasteiger partial charge in [-0.1, -0.05) is 55.4 Å². The summed E-state index contributed by atoms with van der Waals surface area (Å²) in [6, 6.07) is 11.7. The van der Waals surface area contributed by atoms with E-state index in [1.165, 1.54) is 55.5 Å². The Hall–Kier alpha value is -1.02. The minimum atomic E-state index is -5.62. The molecule has 0 aliphatic heterocycles. The summed E-state index contributed by atoms with van der Waals surface area (Å²) in [5, 5.41) is 0. The molecule has 0 unspecified atom stereocenters. The van der Waals surface area contributed by atoms with Crippen molar-refractivity contribution < 1.29 is 41.8 Å². The van der Waals surface area contributed by atoms with Gasteiger partial charge in [0.05, 0.1) is 6.61 Å². The summed E-state index contributed by atoms with van der Waals surface area (Å²) in [7, 11) is -5.62. The number of ether oxygens (including phenoxy) is 1. The van der Waals surface area contributed by atoms with Crippen LogP contribution in [0.25, 0.3) is 0 Å². The fraction of sp³-hybridized carbons (Fsp3) is 0.263. The van der Waals surface area contributed by atoms with Gasteiger partial charge < -0.3 is 14.5 Å². The van der Waals surface area contributed by atoms with Gasteiger partial charge in [-0.15, -0.1) is 0 Å². The van der Waals surface area contributed by atoms with E-state index in [9.17, 15) is 37.1 Å². The molecule has 0 heterocycles. The molecule has 2 rings (SSSR count). The molecule has 34 heavy (non-hydrogen) atoms. The maximum absolute atomic E-state index is 13.6. The molecule has 0 radical (unpaired) electrons. The van der Waals surface area contributed by atoms with E-state index in [1.807, 2.05) is 0 Å². The number of alkyl halides is 3. The number of rotatable bonds is 9. The third-order valence-corrected chi connectivity index (χ3v) is 10.4. The molecule has 186 valence electrons. The molecule has 0 atom stereocenters. The molecule has 7 nitrogen and oxygen atoms in total. The zero-order chi connectivity index (χ0) is 25.7. The van der Waals surface area contributed by atoms with Crippen LogP contribution >= 0.6 is 63.0 Å². The second-order valence-electron chi connectivity index (χ2n) is 6.40. The fourth-order valence-corrected chi connectivity index (χ4v) is 7.51. The predicted octanol–water partition coefficient (Wildman–Crippen LogP) is 5.84. The van der Waals surface area contributed by atoms with Crippen molar-refractivity contribution in [2.24, 2.45) is 0 Å². The number of carbonyl (C=O) groups excluding carboxylic acids is 2. The highest BCUT2D eigenvalue weighted by Crippen LogP contribution is 2.68. The smallest absolute Gasteiger partial charge is 0.465 e. The van der Waals surface area contributed by atoms with E-state index in [4.69, 9.17) is 4.74 Å². The normalized spacial score (nSPS) is 12.4. The lowest BCUT2D eigenvalue weighted by molar-refractivity contribution is -0.187. The van der Waals surface area contributed by atoms with Crippen molar-refractivity contribution in [3.63, 3.8) is 0 Å². The molecule has 0 saturated carbocycles. The highest BCUT2D eigenvalue weighted by Gasteiger charge is 2.61. The molecule has 0 aliphatic rings. The van der Waals surface area contributed by atoms with Gasteiger partial charge in [-0.2, -0.15) is 13.2 Å². The summed E-state index contributed by atoms with van der Waals surface area (Å²) in [4.78, 5) is 45.6. The van der Waals surface area contributed by atoms with Crippen LogP contribution in [-0.4, -0.2) is 49.8 Å². The van der Waals surface area contributed by atoms with Gasteiger partial charge >= 0.3 is 25.6 Å². The van der Waals surface area contributed by atoms with Crippen molar-refractivity contribution in [3.05, 3.63) is 57.5 Å². The van der Waals surface area contributed by atoms with Crippen LogP contribution in [0.3, 0.4) is 0 Å². The lowest BCUT2D eigenvalue weighted by atomic mass is 10.4. The second-order valence-corrected chi connectivity index (χ2v) is 13.4. The van der Waals surface area contributed by atoms with E-state index in [0.717, 1.165) is 0 Å². The quantitative estimate of drug-likeness (QED) is 0.149. The van der Waals surface area contributed by atoms with Crippen molar-refractivity contribution >= 4 is 74.9 Å². The Morgan fingerprint density at radius 3 is 1.71 bits per heavy atom. The molecule has 0 aliphatic carbocycles. The zero-order valence-corrected chi connectivity index (χ0v) is 22.9. The molecule has 0 bridgehead atoms. The van der Waals surface area contributed by atoms with E-state index < -0.39 is 36.1 Å². The molecule has 0 spiro atoms. The number of esters is 1. The fourth-order valence-electron chi connectivity index (χ4n) is 2.51. The lowest BCUT2D eigenvalue weighted by Gasteiger charge is -2.42. The van der Waals surface area contributed by atoms with E-state index >= 15 is 0 Å². The predicted molar refractivity (Wildman–Crippen MR) is 129 cm³/mol. The van der Waals surface area contributed by atoms with Crippen LogP contribution in [0.2, 0.25) is 0 Å². The number of hydrogen-bond acceptors (Lipinski definition) is 6. The Balaban J connectivity index is 2.77. The first-order valence-electron chi connectivity index (χ1n) is 9.19. The van der Waals surface area contributed by atoms with Crippen molar-refractivity contribution in [2.45, 2.75) is 26.8 Å². The summed E-state index contributed by atoms with van der Waals surface area (Å²) in [6.45, 7) is -0.156. The first kappa shape index (κ1) is 29.2. The molecule has 0 aromatic heterocycles. The SMILES string of the molecule is CCOC(=O)CN(C(=O)C(F)(F)F)C(Sc1ccc(Br)cc1)(Sc1ccc(Br)cc1)P(=O)(O)O. The third kappa shape index (κ3) is 7.49. The van der Waals surface area contributed by atoms with Crippen molar-refractivity contribution in [3.8, 4) is 0 Å². The van der Waals surface area contributed by atoms with Crippen LogP contribution in [0.1, 0.15) is 6.92 Å². The van der Waals surface area contributed by atoms with E-state index in [1.54, 1.807) is 0 Å². The molecule has 1 amide bonds. The highest BCUT2D eigenvalue weighted by molar-refractivity contribution is 9.10. The molecule has 15 heteroatoms. The minimum absolute atomic E-state index is 0.139. The van der Waals surface area contributed by atoms with Crippen molar-refractivity contribution in [1.29, 1.82) is 0 Å². The van der Waals surface area contributed by atoms with Gasteiger partial charge in [-0.05, 0) is 55.5 Å². The van der Waals surface area contributed by atoms with Crippen LogP contribution in [0.15, 0.2) is 67.3 Å². The highest BCUT2D eigenvalue weighted by atomic mass is 79.9. The number of benzene rings is 2. The number of carbonyl (C=O) groups is 2. The molecule has 0 saturated heterocycles. The molecule has 2 N–H and O–H groups in total. The summed E-state index contributed by atoms with van der Waals surface area (Å²) in [5.74, 6) is -3.86. The summed E-state index contributed by atoms with van der Waals surface area (Å²) >= 11 is 7.07. The number of amides is 1. The zero-order valence-electron chi connectivity index (χ0n) is 17.2. The first-order chi connectivity index (χ1) is 15.7. The lowest BCUT2D eigenvalue weighted by Crippen LogP contribution is -2.54. The van der Waals surface area contributed by atoms with Gasteiger partial charge in [0.1, 0.15) is 6.54 Å². The Kier molecular flexibility index (Phi) is 10.1. The largest absolute Gasteiger partial charge is 0.471 e. The van der Waals surface area contributed by atoms with E-state index in [0.29, 0.717) is 32.5 Å². The Labute approximate surface area is 218 Å². The van der Waals surface area contributed by atoms with Gasteiger partial charge in [0.25, 0.3) is 0 Å². The molecule has 2 aromatic carbocycles. The van der Waals surface area contributed by atoms with Crippen LogP contribution in [0.5, 0.6) is 0 Å². The standard InChI is InChI=1S/C19H17Br2F3NO6PS2/c1-2-31-16(26)11-25(17(27)18(22,23)24)19(32(28,29)30,33-14-7-3-12(20)4-8-14)34-15-9-5-13(21)6-10-15/h3-10H,2,11H2,1H3,(H2,28,29,30). The Morgan fingerprint density at radius 1 is 0.971 bits per heavy atom. The Morgan fingerprint density at radius 2 is 1.38 bits per heavy atom. The monoisotopic (exact) mass is 665 g/mol. The van der Waals surface area contributed by atoms with Crippen LogP contribution in [-0.2, 0) is 18.9 Å². The first-order valence-corrected chi connectivity index (χ1v) is 14.0. The summed E-state index contributed by atoms with van der Waals surface area (Å²) in [5.41, 5.74) is 0. The van der Waals surface area contributed by atoms with Gasteiger partial charge in [0.15, 0.2) is 0 Å². The topological polar surface area (TPSA) is 104 Å². The van der Waals surface area contributed by atoms with Gasteiger partial charge in [0, 0.05) is 18.7 Å². The average Bonchev–Trinajstić information content (AvgIpc) is 2.73. The number of halogens is 5. The van der Waals surface area contributed by atoms with E-state index in [2.05, 4.69) is 31.9 Å². The van der Waals surface area contributed by atoms with Crippen molar-refractivity contribution in [1.82, 2.24) is 4.90 Å². The second kappa shape index (κ2) is 11.8. The van der Waals surface area contributed by atoms with Gasteiger partial charge in [-0.25, -0.2) is 0 Å². The van der Waals surface area contributed by atoms with Gasteiger partial charge in [-0.3, -0.25) is 19.1 Å². The van der Waals surface area contributed by atoms with Crippen molar-refractivity contribution in [2.75, 3.05) is 13.2 Å². The average molecular weight is 667 g/mol. The Bertz CT molecular complexity index is 1020. The maximum atomic E-state index is 13.6. The summed E-state index contributed by atoms with van der Waals surface area (Å²) in [6.07, 6.45) is -5.53. The van der Waals surface area contributed by atoms with Crippen LogP contribution < -0.4 is 0 Å². The minimum Gasteiger partial charge on any atom is -0.465 e. The number of hydrogen-bond donors (Lipinski definition) is 2. The molecule has 2 aromatic rings. The molecule has 0 fully saturated rings. The third-order valence-electron chi connectivity index (χ3n) is 3.92.